The summed E-state index contributed by atoms with van der Waals surface area (Å²) in [4.78, 5) is 19.6. The molecule has 114 valence electrons. The highest BCUT2D eigenvalue weighted by Gasteiger charge is 2.16. The van der Waals surface area contributed by atoms with Gasteiger partial charge in [-0.05, 0) is 19.1 Å². The summed E-state index contributed by atoms with van der Waals surface area (Å²) < 4.78 is 5.16. The molecule has 3 N–H and O–H groups in total. The van der Waals surface area contributed by atoms with E-state index < -0.39 is 0 Å². The molecular weight excluding hydrogens is 306 g/mol. The van der Waals surface area contributed by atoms with Crippen molar-refractivity contribution in [1.29, 1.82) is 0 Å². The molecule has 0 fully saturated rings. The molecule has 1 aromatic carbocycles. The summed E-state index contributed by atoms with van der Waals surface area (Å²) in [6.07, 6.45) is 0. The van der Waals surface area contributed by atoms with Crippen LogP contribution in [0.3, 0.4) is 0 Å². The van der Waals surface area contributed by atoms with Crippen molar-refractivity contribution >= 4 is 28.5 Å². The number of hydrogen-bond acceptors (Lipinski definition) is 4. The first kappa shape index (κ1) is 14.4. The van der Waals surface area contributed by atoms with Crippen molar-refractivity contribution in [3.05, 3.63) is 40.4 Å². The minimum Gasteiger partial charge on any atom is -0.497 e. The van der Waals surface area contributed by atoms with Crippen LogP contribution < -0.4 is 10.1 Å². The summed E-state index contributed by atoms with van der Waals surface area (Å²) in [5.74, 6) is 1.03. The zero-order chi connectivity index (χ0) is 15.7. The molecule has 0 spiro atoms. The van der Waals surface area contributed by atoms with E-state index in [2.05, 4.69) is 25.5 Å². The van der Waals surface area contributed by atoms with Crippen molar-refractivity contribution < 1.29 is 9.53 Å². The van der Waals surface area contributed by atoms with Crippen LogP contribution in [0.15, 0.2) is 18.2 Å². The Bertz CT molecular complexity index is 839. The second kappa shape index (κ2) is 5.69. The Morgan fingerprint density at radius 1 is 1.45 bits per heavy atom. The van der Waals surface area contributed by atoms with Gasteiger partial charge in [0.25, 0.3) is 5.91 Å². The number of amides is 1. The van der Waals surface area contributed by atoms with Crippen molar-refractivity contribution in [3.63, 3.8) is 0 Å². The molecule has 0 saturated heterocycles. The van der Waals surface area contributed by atoms with Gasteiger partial charge in [0.05, 0.1) is 35.4 Å². The topological polar surface area (TPSA) is 95.7 Å². The van der Waals surface area contributed by atoms with Gasteiger partial charge >= 0.3 is 0 Å². The van der Waals surface area contributed by atoms with Crippen LogP contribution in [0.2, 0.25) is 5.02 Å². The number of carbonyl (C=O) groups is 1. The standard InChI is InChI=1S/C14H14ClN5O2/c1-7-12(15)13(20-19-7)14(21)16-6-11-17-9-4-3-8(22-2)5-10(9)18-11/h3-5H,6H2,1-2H3,(H,16,21)(H,17,18)(H,19,20). The van der Waals surface area contributed by atoms with Gasteiger partial charge in [-0.1, -0.05) is 11.6 Å². The number of nitrogens with one attached hydrogen (secondary N) is 3. The summed E-state index contributed by atoms with van der Waals surface area (Å²) >= 11 is 5.99. The molecule has 0 atom stereocenters. The first-order valence-electron chi connectivity index (χ1n) is 6.60. The van der Waals surface area contributed by atoms with E-state index in [4.69, 9.17) is 16.3 Å². The average molecular weight is 320 g/mol. The zero-order valence-corrected chi connectivity index (χ0v) is 12.8. The minimum absolute atomic E-state index is 0.178. The molecule has 2 aromatic heterocycles. The van der Waals surface area contributed by atoms with Crippen molar-refractivity contribution in [3.8, 4) is 5.75 Å². The van der Waals surface area contributed by atoms with E-state index in [1.165, 1.54) is 0 Å². The van der Waals surface area contributed by atoms with E-state index in [0.717, 1.165) is 16.8 Å². The molecule has 7 nitrogen and oxygen atoms in total. The van der Waals surface area contributed by atoms with Crippen molar-refractivity contribution in [2.24, 2.45) is 0 Å². The Balaban J connectivity index is 1.73. The molecule has 2 heterocycles. The largest absolute Gasteiger partial charge is 0.497 e. The summed E-state index contributed by atoms with van der Waals surface area (Å²) in [5.41, 5.74) is 2.48. The number of benzene rings is 1. The average Bonchev–Trinajstić information content (AvgIpc) is 3.08. The molecule has 1 amide bonds. The van der Waals surface area contributed by atoms with Crippen LogP contribution in [-0.4, -0.2) is 33.2 Å². The van der Waals surface area contributed by atoms with Crippen LogP contribution in [0.25, 0.3) is 11.0 Å². The van der Waals surface area contributed by atoms with Gasteiger partial charge in [-0.15, -0.1) is 0 Å². The summed E-state index contributed by atoms with van der Waals surface area (Å²) in [6, 6.07) is 5.53. The fourth-order valence-corrected chi connectivity index (χ4v) is 2.24. The van der Waals surface area contributed by atoms with Gasteiger partial charge in [-0.2, -0.15) is 5.10 Å². The van der Waals surface area contributed by atoms with Gasteiger partial charge < -0.3 is 15.0 Å². The smallest absolute Gasteiger partial charge is 0.273 e. The van der Waals surface area contributed by atoms with Crippen LogP contribution >= 0.6 is 11.6 Å². The normalized spacial score (nSPS) is 10.9. The number of methoxy groups -OCH3 is 1. The Hall–Kier alpha value is -2.54. The van der Waals surface area contributed by atoms with Crippen LogP contribution in [0, 0.1) is 6.92 Å². The fourth-order valence-electron chi connectivity index (χ4n) is 2.07. The highest BCUT2D eigenvalue weighted by Crippen LogP contribution is 2.19. The highest BCUT2D eigenvalue weighted by molar-refractivity contribution is 6.34. The van der Waals surface area contributed by atoms with Crippen LogP contribution in [0.5, 0.6) is 5.75 Å². The molecule has 0 bridgehead atoms. The third-order valence-electron chi connectivity index (χ3n) is 3.24. The maximum Gasteiger partial charge on any atom is 0.273 e. The number of carbonyl (C=O) groups excluding carboxylic acids is 1. The number of nitrogens with zero attached hydrogens (tertiary/aromatic N) is 2. The van der Waals surface area contributed by atoms with E-state index in [1.54, 1.807) is 14.0 Å². The van der Waals surface area contributed by atoms with Crippen LogP contribution in [0.1, 0.15) is 22.0 Å². The van der Waals surface area contributed by atoms with E-state index in [0.29, 0.717) is 16.5 Å². The molecule has 3 rings (SSSR count). The quantitative estimate of drug-likeness (QED) is 0.687. The van der Waals surface area contributed by atoms with Crippen LogP contribution in [0.4, 0.5) is 0 Å². The molecule has 0 saturated carbocycles. The Morgan fingerprint density at radius 2 is 2.27 bits per heavy atom. The Morgan fingerprint density at radius 3 is 2.95 bits per heavy atom. The van der Waals surface area contributed by atoms with Gasteiger partial charge in [-0.25, -0.2) is 4.98 Å². The maximum atomic E-state index is 12.0. The van der Waals surface area contributed by atoms with E-state index in [-0.39, 0.29) is 18.1 Å². The lowest BCUT2D eigenvalue weighted by atomic mass is 10.3. The third-order valence-corrected chi connectivity index (χ3v) is 3.70. The first-order chi connectivity index (χ1) is 10.6. The van der Waals surface area contributed by atoms with E-state index >= 15 is 0 Å². The Labute approximate surface area is 131 Å². The molecular formula is C14H14ClN5O2. The zero-order valence-electron chi connectivity index (χ0n) is 12.0. The number of aromatic amines is 2. The molecule has 0 aliphatic carbocycles. The highest BCUT2D eigenvalue weighted by atomic mass is 35.5. The van der Waals surface area contributed by atoms with Gasteiger partial charge in [0.2, 0.25) is 0 Å². The van der Waals surface area contributed by atoms with Crippen molar-refractivity contribution in [2.75, 3.05) is 7.11 Å². The van der Waals surface area contributed by atoms with E-state index in [9.17, 15) is 4.79 Å². The molecule has 0 aliphatic heterocycles. The van der Waals surface area contributed by atoms with Gasteiger partial charge in [0.1, 0.15) is 11.6 Å². The molecule has 0 unspecified atom stereocenters. The lowest BCUT2D eigenvalue weighted by Gasteiger charge is -2.00. The number of aryl methyl sites for hydroxylation is 1. The number of aromatic nitrogens is 4. The molecule has 3 aromatic rings. The predicted molar refractivity (Wildman–Crippen MR) is 82.2 cm³/mol. The van der Waals surface area contributed by atoms with Crippen LogP contribution in [-0.2, 0) is 6.54 Å². The summed E-state index contributed by atoms with van der Waals surface area (Å²) in [6.45, 7) is 2.00. The number of ether oxygens (including phenoxy) is 1. The minimum atomic E-state index is -0.354. The number of fused-ring (bicyclic) bond motifs is 1. The SMILES string of the molecule is COc1ccc2nc(CNC(=O)c3n[nH]c(C)c3Cl)[nH]c2c1. The molecule has 22 heavy (non-hydrogen) atoms. The fraction of sp³-hybridized carbons (Fsp3) is 0.214. The number of H-pyrrole nitrogens is 2. The second-order valence-corrected chi connectivity index (χ2v) is 5.14. The Kier molecular flexibility index (Phi) is 3.72. The number of hydrogen-bond donors (Lipinski definition) is 3. The lowest BCUT2D eigenvalue weighted by molar-refractivity contribution is 0.0945. The molecule has 8 heteroatoms. The van der Waals surface area contributed by atoms with Gasteiger partial charge in [-0.3, -0.25) is 9.89 Å². The van der Waals surface area contributed by atoms with E-state index in [1.807, 2.05) is 18.2 Å². The molecule has 0 aliphatic rings. The third kappa shape index (κ3) is 2.62. The first-order valence-corrected chi connectivity index (χ1v) is 6.97. The van der Waals surface area contributed by atoms with Crippen molar-refractivity contribution in [2.45, 2.75) is 13.5 Å². The van der Waals surface area contributed by atoms with Crippen molar-refractivity contribution in [1.82, 2.24) is 25.5 Å². The number of halogens is 1. The summed E-state index contributed by atoms with van der Waals surface area (Å²) in [5, 5.41) is 9.60. The lowest BCUT2D eigenvalue weighted by Crippen LogP contribution is -2.24. The van der Waals surface area contributed by atoms with Gasteiger partial charge in [0, 0.05) is 6.07 Å². The number of rotatable bonds is 4. The predicted octanol–water partition coefficient (Wildman–Crippen LogP) is 2.19. The molecule has 0 radical (unpaired) electrons. The van der Waals surface area contributed by atoms with Gasteiger partial charge in [0.15, 0.2) is 5.69 Å². The maximum absolute atomic E-state index is 12.0. The number of imidazole rings is 1. The second-order valence-electron chi connectivity index (χ2n) is 4.76. The summed E-state index contributed by atoms with van der Waals surface area (Å²) in [7, 11) is 1.61. The monoisotopic (exact) mass is 319 g/mol.